The normalized spacial score (nSPS) is 12.0. The average molecular weight is 244 g/mol. The molecular formula is C10H7F3N2O2. The summed E-state index contributed by atoms with van der Waals surface area (Å²) >= 11 is 0. The van der Waals surface area contributed by atoms with Crippen LogP contribution in [0.15, 0.2) is 29.3 Å². The molecular weight excluding hydrogens is 237 g/mol. The maximum atomic E-state index is 12.5. The second-order valence-corrected chi connectivity index (χ2v) is 3.39. The van der Waals surface area contributed by atoms with Gasteiger partial charge in [-0.15, -0.1) is 0 Å². The smallest absolute Gasteiger partial charge is 0.376 e. The van der Waals surface area contributed by atoms with Crippen LogP contribution in [0.3, 0.4) is 0 Å². The van der Waals surface area contributed by atoms with Gasteiger partial charge in [0.25, 0.3) is 5.56 Å². The van der Waals surface area contributed by atoms with Crippen LogP contribution < -0.4 is 5.56 Å². The van der Waals surface area contributed by atoms with E-state index >= 15 is 0 Å². The zero-order chi connectivity index (χ0) is 12.6. The van der Waals surface area contributed by atoms with E-state index in [0.717, 1.165) is 29.1 Å². The van der Waals surface area contributed by atoms with Crippen molar-refractivity contribution in [3.05, 3.63) is 40.4 Å². The van der Waals surface area contributed by atoms with Crippen LogP contribution in [-0.2, 0) is 12.9 Å². The summed E-state index contributed by atoms with van der Waals surface area (Å²) in [7, 11) is 0. The Morgan fingerprint density at radius 2 is 2.06 bits per heavy atom. The van der Waals surface area contributed by atoms with Crippen molar-refractivity contribution < 1.29 is 18.3 Å². The maximum Gasteiger partial charge on any atom is 0.416 e. The molecule has 0 amide bonds. The minimum absolute atomic E-state index is 0.160. The highest BCUT2D eigenvalue weighted by Gasteiger charge is 2.30. The van der Waals surface area contributed by atoms with Crippen LogP contribution in [0.25, 0.3) is 10.9 Å². The molecule has 7 heteroatoms. The van der Waals surface area contributed by atoms with E-state index < -0.39 is 24.0 Å². The van der Waals surface area contributed by atoms with E-state index in [4.69, 9.17) is 5.11 Å². The predicted molar refractivity (Wildman–Crippen MR) is 53.2 cm³/mol. The maximum absolute atomic E-state index is 12.5. The van der Waals surface area contributed by atoms with E-state index in [1.165, 1.54) is 0 Å². The molecule has 0 radical (unpaired) electrons. The molecule has 1 heterocycles. The number of aromatic nitrogens is 2. The summed E-state index contributed by atoms with van der Waals surface area (Å²) < 4.78 is 38.2. The van der Waals surface area contributed by atoms with Crippen molar-refractivity contribution in [2.75, 3.05) is 0 Å². The van der Waals surface area contributed by atoms with Crippen molar-refractivity contribution in [2.45, 2.75) is 12.9 Å². The van der Waals surface area contributed by atoms with Crippen LogP contribution in [0.2, 0.25) is 0 Å². The molecule has 1 aromatic carbocycles. The second-order valence-electron chi connectivity index (χ2n) is 3.39. The first-order valence-electron chi connectivity index (χ1n) is 4.61. The SMILES string of the molecule is O=c1c2cc(C(F)(F)F)ccc2ncn1CO. The van der Waals surface area contributed by atoms with Crippen LogP contribution in [0.1, 0.15) is 5.56 Å². The second kappa shape index (κ2) is 3.85. The number of rotatable bonds is 1. The summed E-state index contributed by atoms with van der Waals surface area (Å²) in [4.78, 5) is 15.4. The number of nitrogens with zero attached hydrogens (tertiary/aromatic N) is 2. The lowest BCUT2D eigenvalue weighted by molar-refractivity contribution is -0.137. The standard InChI is InChI=1S/C10H7F3N2O2/c11-10(12,13)6-1-2-8-7(3-6)9(17)15(5-16)4-14-8/h1-4,16H,5H2. The van der Waals surface area contributed by atoms with Gasteiger partial charge in [0.1, 0.15) is 13.1 Å². The van der Waals surface area contributed by atoms with Gasteiger partial charge in [-0.3, -0.25) is 9.36 Å². The van der Waals surface area contributed by atoms with E-state index in [0.29, 0.717) is 0 Å². The Kier molecular flexibility index (Phi) is 2.62. The molecule has 0 bridgehead atoms. The third-order valence-corrected chi connectivity index (χ3v) is 2.30. The van der Waals surface area contributed by atoms with E-state index in [1.807, 2.05) is 0 Å². The van der Waals surface area contributed by atoms with Gasteiger partial charge in [0, 0.05) is 0 Å². The number of hydrogen-bond donors (Lipinski definition) is 1. The molecule has 0 aliphatic rings. The van der Waals surface area contributed by atoms with Gasteiger partial charge in [-0.05, 0) is 18.2 Å². The monoisotopic (exact) mass is 244 g/mol. The number of alkyl halides is 3. The first-order chi connectivity index (χ1) is 7.93. The van der Waals surface area contributed by atoms with E-state index in [-0.39, 0.29) is 10.9 Å². The Balaban J connectivity index is 2.75. The molecule has 1 aromatic heterocycles. The molecule has 2 aromatic rings. The van der Waals surface area contributed by atoms with Gasteiger partial charge in [-0.25, -0.2) is 4.98 Å². The quantitative estimate of drug-likeness (QED) is 0.824. The van der Waals surface area contributed by atoms with E-state index in [1.54, 1.807) is 0 Å². The molecule has 0 spiro atoms. The number of aliphatic hydroxyl groups is 1. The van der Waals surface area contributed by atoms with E-state index in [9.17, 15) is 18.0 Å². The van der Waals surface area contributed by atoms with Crippen molar-refractivity contribution >= 4 is 10.9 Å². The Morgan fingerprint density at radius 1 is 1.35 bits per heavy atom. The molecule has 0 aliphatic heterocycles. The molecule has 4 nitrogen and oxygen atoms in total. The minimum Gasteiger partial charge on any atom is -0.376 e. The molecule has 2 rings (SSSR count). The molecule has 17 heavy (non-hydrogen) atoms. The van der Waals surface area contributed by atoms with Gasteiger partial charge in [0.15, 0.2) is 0 Å². The zero-order valence-electron chi connectivity index (χ0n) is 8.40. The summed E-state index contributed by atoms with van der Waals surface area (Å²) in [6.45, 7) is -0.627. The third-order valence-electron chi connectivity index (χ3n) is 2.30. The van der Waals surface area contributed by atoms with Crippen LogP contribution >= 0.6 is 0 Å². The number of benzene rings is 1. The number of fused-ring (bicyclic) bond motifs is 1. The van der Waals surface area contributed by atoms with Gasteiger partial charge in [-0.1, -0.05) is 0 Å². The van der Waals surface area contributed by atoms with Gasteiger partial charge >= 0.3 is 6.18 Å². The van der Waals surface area contributed by atoms with Crippen LogP contribution in [0, 0.1) is 0 Å². The van der Waals surface area contributed by atoms with Gasteiger partial charge in [-0.2, -0.15) is 13.2 Å². The Morgan fingerprint density at radius 3 is 2.65 bits per heavy atom. The highest BCUT2D eigenvalue weighted by atomic mass is 19.4. The molecule has 0 saturated carbocycles. The fraction of sp³-hybridized carbons (Fsp3) is 0.200. The van der Waals surface area contributed by atoms with Crippen LogP contribution in [0.4, 0.5) is 13.2 Å². The van der Waals surface area contributed by atoms with Crippen molar-refractivity contribution in [1.82, 2.24) is 9.55 Å². The Hall–Kier alpha value is -1.89. The van der Waals surface area contributed by atoms with E-state index in [2.05, 4.69) is 4.98 Å². The number of aliphatic hydroxyl groups excluding tert-OH is 1. The van der Waals surface area contributed by atoms with Crippen molar-refractivity contribution in [3.8, 4) is 0 Å². The van der Waals surface area contributed by atoms with Gasteiger partial charge in [0.05, 0.1) is 16.5 Å². The van der Waals surface area contributed by atoms with Crippen molar-refractivity contribution in [2.24, 2.45) is 0 Å². The summed E-state index contributed by atoms with van der Waals surface area (Å²) in [5.74, 6) is 0. The summed E-state index contributed by atoms with van der Waals surface area (Å²) in [6, 6.07) is 2.72. The third kappa shape index (κ3) is 2.01. The Bertz CT molecular complexity index is 619. The molecule has 0 aliphatic carbocycles. The molecule has 0 atom stereocenters. The van der Waals surface area contributed by atoms with Crippen molar-refractivity contribution in [1.29, 1.82) is 0 Å². The molecule has 0 saturated heterocycles. The van der Waals surface area contributed by atoms with Gasteiger partial charge in [0.2, 0.25) is 0 Å². The van der Waals surface area contributed by atoms with Crippen LogP contribution in [0.5, 0.6) is 0 Å². The zero-order valence-corrected chi connectivity index (χ0v) is 8.40. The molecule has 0 fully saturated rings. The molecule has 0 unspecified atom stereocenters. The lowest BCUT2D eigenvalue weighted by atomic mass is 10.1. The lowest BCUT2D eigenvalue weighted by Crippen LogP contribution is -2.21. The molecule has 1 N–H and O–H groups in total. The predicted octanol–water partition coefficient (Wildman–Crippen LogP) is 1.37. The summed E-state index contributed by atoms with van der Waals surface area (Å²) in [5, 5.41) is 8.64. The molecule has 90 valence electrons. The highest BCUT2D eigenvalue weighted by Crippen LogP contribution is 2.30. The first kappa shape index (κ1) is 11.6. The summed E-state index contributed by atoms with van der Waals surface area (Å²) in [6.07, 6.45) is -3.43. The largest absolute Gasteiger partial charge is 0.416 e. The van der Waals surface area contributed by atoms with Crippen LogP contribution in [-0.4, -0.2) is 14.7 Å². The number of hydrogen-bond acceptors (Lipinski definition) is 3. The summed E-state index contributed by atoms with van der Waals surface area (Å²) in [5.41, 5.74) is -1.46. The van der Waals surface area contributed by atoms with Gasteiger partial charge < -0.3 is 5.11 Å². The highest BCUT2D eigenvalue weighted by molar-refractivity contribution is 5.78. The fourth-order valence-electron chi connectivity index (χ4n) is 1.44. The Labute approximate surface area is 92.9 Å². The number of halogens is 3. The first-order valence-corrected chi connectivity index (χ1v) is 4.61. The van der Waals surface area contributed by atoms with Crippen molar-refractivity contribution in [3.63, 3.8) is 0 Å². The average Bonchev–Trinajstić information content (AvgIpc) is 2.28. The topological polar surface area (TPSA) is 55.1 Å². The minimum atomic E-state index is -4.51. The fourth-order valence-corrected chi connectivity index (χ4v) is 1.44. The lowest BCUT2D eigenvalue weighted by Gasteiger charge is -2.08.